The topological polar surface area (TPSA) is 99.3 Å². The van der Waals surface area contributed by atoms with Crippen molar-refractivity contribution in [2.75, 3.05) is 43.5 Å². The molecule has 1 aliphatic rings. The van der Waals surface area contributed by atoms with Gasteiger partial charge in [0.1, 0.15) is 17.4 Å². The Kier molecular flexibility index (Phi) is 6.95. The Labute approximate surface area is 201 Å². The summed E-state index contributed by atoms with van der Waals surface area (Å²) in [6, 6.07) is 8.35. The Hall–Kier alpha value is -3.68. The first-order chi connectivity index (χ1) is 16.4. The predicted octanol–water partition coefficient (Wildman–Crippen LogP) is 3.06. The highest BCUT2D eigenvalue weighted by Gasteiger charge is 2.24. The first-order valence-corrected chi connectivity index (χ1v) is 11.0. The number of nitriles is 1. The fourth-order valence-electron chi connectivity index (χ4n) is 3.84. The fourth-order valence-corrected chi connectivity index (χ4v) is 3.99. The number of aromatic nitrogens is 3. The van der Waals surface area contributed by atoms with Crippen molar-refractivity contribution in [3.8, 4) is 11.9 Å². The van der Waals surface area contributed by atoms with Gasteiger partial charge < -0.3 is 15.0 Å². The number of carbonyl (C=O) groups is 1. The summed E-state index contributed by atoms with van der Waals surface area (Å²) in [5.41, 5.74) is 1.61. The number of hydrogen-bond acceptors (Lipinski definition) is 7. The molecule has 34 heavy (non-hydrogen) atoms. The van der Waals surface area contributed by atoms with E-state index >= 15 is 0 Å². The normalized spacial score (nSPS) is 14.0. The molecule has 11 heteroatoms. The number of anilines is 2. The number of benzene rings is 1. The van der Waals surface area contributed by atoms with Crippen LogP contribution in [0.5, 0.6) is 5.88 Å². The molecule has 1 aromatic carbocycles. The molecule has 0 spiro atoms. The van der Waals surface area contributed by atoms with Crippen LogP contribution >= 0.6 is 11.6 Å². The van der Waals surface area contributed by atoms with Gasteiger partial charge in [-0.15, -0.1) is 5.10 Å². The Morgan fingerprint density at radius 3 is 2.74 bits per heavy atom. The predicted molar refractivity (Wildman–Crippen MR) is 126 cm³/mol. The minimum Gasteiger partial charge on any atom is -0.479 e. The molecule has 1 fully saturated rings. The number of rotatable bonds is 6. The summed E-state index contributed by atoms with van der Waals surface area (Å²) in [4.78, 5) is 21.5. The molecule has 176 valence electrons. The molecule has 0 atom stereocenters. The van der Waals surface area contributed by atoms with Crippen LogP contribution in [0.3, 0.4) is 0 Å². The van der Waals surface area contributed by atoms with Crippen LogP contribution < -0.4 is 15.0 Å². The maximum Gasteiger partial charge on any atom is 0.262 e. The molecule has 2 aromatic heterocycles. The van der Waals surface area contributed by atoms with E-state index in [2.05, 4.69) is 26.4 Å². The van der Waals surface area contributed by atoms with Crippen LogP contribution in [0.15, 0.2) is 36.7 Å². The van der Waals surface area contributed by atoms with Crippen molar-refractivity contribution in [1.82, 2.24) is 19.7 Å². The highest BCUT2D eigenvalue weighted by molar-refractivity contribution is 6.30. The summed E-state index contributed by atoms with van der Waals surface area (Å²) in [6.07, 6.45) is 3.04. The average molecular weight is 484 g/mol. The van der Waals surface area contributed by atoms with E-state index in [0.717, 1.165) is 0 Å². The summed E-state index contributed by atoms with van der Waals surface area (Å²) >= 11 is 5.85. The number of nitrogens with one attached hydrogen (secondary N) is 1. The number of halogens is 2. The second-order valence-electron chi connectivity index (χ2n) is 7.89. The zero-order chi connectivity index (χ0) is 24.2. The molecule has 0 aliphatic carbocycles. The number of aryl methyl sites for hydroxylation is 1. The molecule has 0 unspecified atom stereocenters. The summed E-state index contributed by atoms with van der Waals surface area (Å²) in [6.45, 7) is 3.06. The van der Waals surface area contributed by atoms with Gasteiger partial charge in [-0.3, -0.25) is 14.4 Å². The van der Waals surface area contributed by atoms with Crippen molar-refractivity contribution in [1.29, 1.82) is 5.26 Å². The maximum absolute atomic E-state index is 14.2. The van der Waals surface area contributed by atoms with Gasteiger partial charge >= 0.3 is 0 Å². The number of piperazine rings is 1. The third-order valence-electron chi connectivity index (χ3n) is 5.56. The molecule has 0 saturated carbocycles. The molecule has 4 rings (SSSR count). The van der Waals surface area contributed by atoms with Crippen LogP contribution in [0.1, 0.15) is 21.5 Å². The van der Waals surface area contributed by atoms with E-state index in [4.69, 9.17) is 16.3 Å². The van der Waals surface area contributed by atoms with Crippen molar-refractivity contribution in [3.05, 3.63) is 64.2 Å². The number of nitrogens with zero attached hydrogens (tertiary/aromatic N) is 6. The molecule has 0 radical (unpaired) electrons. The molecule has 0 bridgehead atoms. The second-order valence-corrected chi connectivity index (χ2v) is 8.32. The van der Waals surface area contributed by atoms with Crippen molar-refractivity contribution in [2.24, 2.45) is 7.05 Å². The second kappa shape index (κ2) is 10.1. The van der Waals surface area contributed by atoms with Crippen LogP contribution in [0.2, 0.25) is 5.02 Å². The van der Waals surface area contributed by atoms with E-state index in [9.17, 15) is 14.4 Å². The number of amides is 1. The van der Waals surface area contributed by atoms with Crippen LogP contribution in [0, 0.1) is 17.1 Å². The summed E-state index contributed by atoms with van der Waals surface area (Å²) in [7, 11) is 3.13. The highest BCUT2D eigenvalue weighted by atomic mass is 35.5. The minimum absolute atomic E-state index is 0.203. The molecule has 1 amide bonds. The van der Waals surface area contributed by atoms with Gasteiger partial charge in [0, 0.05) is 62.8 Å². The lowest BCUT2D eigenvalue weighted by Gasteiger charge is -2.36. The van der Waals surface area contributed by atoms with E-state index in [0.29, 0.717) is 60.4 Å². The van der Waals surface area contributed by atoms with E-state index in [1.807, 2.05) is 4.90 Å². The lowest BCUT2D eigenvalue weighted by molar-refractivity contribution is 0.102. The number of pyridine rings is 1. The zero-order valence-corrected chi connectivity index (χ0v) is 19.5. The van der Waals surface area contributed by atoms with Crippen molar-refractivity contribution in [3.63, 3.8) is 0 Å². The number of methoxy groups -OCH3 is 1. The Morgan fingerprint density at radius 2 is 2.06 bits per heavy atom. The lowest BCUT2D eigenvalue weighted by Crippen LogP contribution is -2.46. The number of hydrogen-bond donors (Lipinski definition) is 1. The van der Waals surface area contributed by atoms with Gasteiger partial charge in [0.25, 0.3) is 5.91 Å². The third-order valence-corrected chi connectivity index (χ3v) is 5.79. The molecule has 9 nitrogen and oxygen atoms in total. The smallest absolute Gasteiger partial charge is 0.262 e. The Morgan fingerprint density at radius 1 is 1.29 bits per heavy atom. The third kappa shape index (κ3) is 5.11. The molecular weight excluding hydrogens is 461 g/mol. The van der Waals surface area contributed by atoms with Gasteiger partial charge in [-0.2, -0.15) is 5.26 Å². The van der Waals surface area contributed by atoms with Crippen LogP contribution in [-0.4, -0.2) is 58.9 Å². The molecule has 1 saturated heterocycles. The van der Waals surface area contributed by atoms with Crippen molar-refractivity contribution < 1.29 is 13.9 Å². The zero-order valence-electron chi connectivity index (χ0n) is 18.8. The summed E-state index contributed by atoms with van der Waals surface area (Å²) in [5.74, 6) is 0.0287. The van der Waals surface area contributed by atoms with E-state index in [-0.39, 0.29) is 17.3 Å². The molecule has 3 heterocycles. The molecule has 1 aliphatic heterocycles. The average Bonchev–Trinajstić information content (AvgIpc) is 3.22. The van der Waals surface area contributed by atoms with Gasteiger partial charge in [-0.05, 0) is 18.2 Å². The quantitative estimate of drug-likeness (QED) is 0.575. The van der Waals surface area contributed by atoms with Crippen LogP contribution in [0.4, 0.5) is 15.9 Å². The summed E-state index contributed by atoms with van der Waals surface area (Å²) < 4.78 is 20.8. The van der Waals surface area contributed by atoms with E-state index in [1.54, 1.807) is 31.4 Å². The molecular formula is C23H23ClFN7O2. The van der Waals surface area contributed by atoms with Crippen LogP contribution in [-0.2, 0) is 13.6 Å². The Balaban J connectivity index is 1.49. The highest BCUT2D eigenvalue weighted by Crippen LogP contribution is 2.27. The number of ether oxygens (including phenoxy) is 1. The SMILES string of the molecule is COc1nn(C)cc1C(=O)Nc1cc(C#N)cnc1N1CCN(Cc2ccc(Cl)cc2F)CC1. The molecule has 3 aromatic rings. The first-order valence-electron chi connectivity index (χ1n) is 10.6. The lowest BCUT2D eigenvalue weighted by atomic mass is 10.1. The fraction of sp³-hybridized carbons (Fsp3) is 0.304. The van der Waals surface area contributed by atoms with Gasteiger partial charge in [-0.25, -0.2) is 9.37 Å². The van der Waals surface area contributed by atoms with Gasteiger partial charge in [0.05, 0.1) is 18.4 Å². The number of carbonyl (C=O) groups excluding carboxylic acids is 1. The standard InChI is InChI=1S/C23H23ClFN7O2/c1-30-14-18(23(29-30)34-2)22(33)28-20-9-15(11-26)12-27-21(20)32-7-5-31(6-8-32)13-16-3-4-17(24)10-19(16)25/h3-4,9-10,12,14H,5-8,13H2,1-2H3,(H,28,33). The molecule has 1 N–H and O–H groups in total. The summed E-state index contributed by atoms with van der Waals surface area (Å²) in [5, 5.41) is 16.6. The largest absolute Gasteiger partial charge is 0.479 e. The van der Waals surface area contributed by atoms with Gasteiger partial charge in [-0.1, -0.05) is 17.7 Å². The van der Waals surface area contributed by atoms with E-state index in [1.165, 1.54) is 24.1 Å². The van der Waals surface area contributed by atoms with Crippen molar-refractivity contribution in [2.45, 2.75) is 6.54 Å². The first kappa shape index (κ1) is 23.5. The minimum atomic E-state index is -0.417. The van der Waals surface area contributed by atoms with E-state index < -0.39 is 5.91 Å². The van der Waals surface area contributed by atoms with Crippen LogP contribution in [0.25, 0.3) is 0 Å². The maximum atomic E-state index is 14.2. The Bertz CT molecular complexity index is 1250. The van der Waals surface area contributed by atoms with Gasteiger partial charge in [0.2, 0.25) is 5.88 Å². The van der Waals surface area contributed by atoms with Gasteiger partial charge in [0.15, 0.2) is 5.82 Å². The van der Waals surface area contributed by atoms with Crippen molar-refractivity contribution >= 4 is 29.0 Å². The monoisotopic (exact) mass is 483 g/mol.